The van der Waals surface area contributed by atoms with Crippen LogP contribution in [0, 0.1) is 11.3 Å². The molecule has 0 unspecified atom stereocenters. The summed E-state index contributed by atoms with van der Waals surface area (Å²) in [5, 5.41) is 17.2. The fraction of sp³-hybridized carbons (Fsp3) is 0.286. The highest BCUT2D eigenvalue weighted by Crippen LogP contribution is 2.38. The molecule has 1 aromatic carbocycles. The van der Waals surface area contributed by atoms with Crippen molar-refractivity contribution < 1.29 is 32.2 Å². The molecule has 0 atom stereocenters. The van der Waals surface area contributed by atoms with Crippen LogP contribution in [0.1, 0.15) is 16.8 Å². The van der Waals surface area contributed by atoms with Crippen molar-refractivity contribution in [3.05, 3.63) is 22.7 Å². The van der Waals surface area contributed by atoms with E-state index in [4.69, 9.17) is 16.9 Å². The van der Waals surface area contributed by atoms with E-state index in [0.717, 1.165) is 12.1 Å². The van der Waals surface area contributed by atoms with Crippen LogP contribution in [0.5, 0.6) is 5.75 Å². The Hall–Kier alpha value is -3.44. The van der Waals surface area contributed by atoms with E-state index < -0.39 is 34.8 Å². The zero-order chi connectivity index (χ0) is 21.6. The van der Waals surface area contributed by atoms with Crippen LogP contribution in [0.4, 0.5) is 23.7 Å². The standard InChI is InChI=1S/C14H13ClF3N7O4/c1-25-12(22-23-24-25)21-11(26)7-3-4-8(29-14(16,17)18)10(9(7)15)20-13(27)28-6-2-5-19/h3-4,23-24H,2,6H2,1H3,(H,20,27)(H,21,22,26). The number of carbonyl (C=O) groups is 2. The number of hydrogen-bond acceptors (Lipinski definition) is 9. The van der Waals surface area contributed by atoms with Gasteiger partial charge in [-0.25, -0.2) is 10.3 Å². The molecule has 29 heavy (non-hydrogen) atoms. The topological polar surface area (TPSA) is 140 Å². The summed E-state index contributed by atoms with van der Waals surface area (Å²) < 4.78 is 46.4. The minimum absolute atomic E-state index is 0.0482. The summed E-state index contributed by atoms with van der Waals surface area (Å²) >= 11 is 6.05. The van der Waals surface area contributed by atoms with Crippen LogP contribution in [-0.4, -0.2) is 43.0 Å². The van der Waals surface area contributed by atoms with Gasteiger partial charge in [-0.15, -0.1) is 23.8 Å². The number of ether oxygens (including phenoxy) is 2. The molecule has 15 heteroatoms. The summed E-state index contributed by atoms with van der Waals surface area (Å²) in [4.78, 5) is 24.2. The van der Waals surface area contributed by atoms with Gasteiger partial charge >= 0.3 is 12.5 Å². The van der Waals surface area contributed by atoms with Gasteiger partial charge in [-0.1, -0.05) is 11.6 Å². The molecule has 2 amide bonds. The maximum absolute atomic E-state index is 12.7. The number of halogens is 4. The second-order valence-corrected chi connectivity index (χ2v) is 5.57. The van der Waals surface area contributed by atoms with Gasteiger partial charge in [0.1, 0.15) is 12.3 Å². The van der Waals surface area contributed by atoms with Gasteiger partial charge in [-0.05, 0) is 12.1 Å². The molecular formula is C14H13ClF3N7O4. The molecule has 156 valence electrons. The molecule has 1 aliphatic rings. The number of hydrazone groups is 1. The van der Waals surface area contributed by atoms with Crippen molar-refractivity contribution in [3.63, 3.8) is 0 Å². The molecule has 1 aromatic rings. The van der Waals surface area contributed by atoms with Crippen LogP contribution in [0.15, 0.2) is 17.2 Å². The van der Waals surface area contributed by atoms with E-state index in [0.29, 0.717) is 0 Å². The molecule has 0 saturated heterocycles. The summed E-state index contributed by atoms with van der Waals surface area (Å²) in [5.74, 6) is -1.65. The van der Waals surface area contributed by atoms with Gasteiger partial charge in [0.2, 0.25) is 5.96 Å². The molecule has 0 spiro atoms. The van der Waals surface area contributed by atoms with E-state index in [1.807, 2.05) is 5.32 Å². The van der Waals surface area contributed by atoms with E-state index in [1.165, 1.54) is 12.1 Å². The zero-order valence-corrected chi connectivity index (χ0v) is 15.3. The molecule has 0 saturated carbocycles. The third-order valence-corrected chi connectivity index (χ3v) is 3.56. The number of hydrazine groups is 2. The number of anilines is 1. The quantitative estimate of drug-likeness (QED) is 0.512. The van der Waals surface area contributed by atoms with E-state index >= 15 is 0 Å². The first-order valence-electron chi connectivity index (χ1n) is 7.64. The fourth-order valence-corrected chi connectivity index (χ4v) is 2.24. The number of hydrogen-bond donors (Lipinski definition) is 4. The maximum Gasteiger partial charge on any atom is 0.573 e. The predicted octanol–water partition coefficient (Wildman–Crippen LogP) is 1.66. The van der Waals surface area contributed by atoms with Crippen LogP contribution in [0.3, 0.4) is 0 Å². The van der Waals surface area contributed by atoms with E-state index in [1.54, 1.807) is 6.07 Å². The van der Waals surface area contributed by atoms with Crippen molar-refractivity contribution >= 4 is 35.2 Å². The molecule has 0 bridgehead atoms. The summed E-state index contributed by atoms with van der Waals surface area (Å²) in [6, 6.07) is 3.49. The Kier molecular flexibility index (Phi) is 6.91. The number of guanidine groups is 1. The highest BCUT2D eigenvalue weighted by molar-refractivity contribution is 6.37. The molecule has 11 nitrogen and oxygen atoms in total. The lowest BCUT2D eigenvalue weighted by Gasteiger charge is -2.18. The number of carbonyl (C=O) groups excluding carboxylic acids is 2. The van der Waals surface area contributed by atoms with Crippen molar-refractivity contribution in [3.8, 4) is 11.8 Å². The van der Waals surface area contributed by atoms with Crippen LogP contribution in [0.25, 0.3) is 0 Å². The molecule has 0 fully saturated rings. The van der Waals surface area contributed by atoms with E-state index in [-0.39, 0.29) is 24.6 Å². The van der Waals surface area contributed by atoms with Crippen LogP contribution in [0.2, 0.25) is 5.02 Å². The monoisotopic (exact) mass is 435 g/mol. The van der Waals surface area contributed by atoms with Crippen molar-refractivity contribution in [2.75, 3.05) is 19.0 Å². The lowest BCUT2D eigenvalue weighted by atomic mass is 10.1. The minimum atomic E-state index is -5.09. The minimum Gasteiger partial charge on any atom is -0.448 e. The summed E-state index contributed by atoms with van der Waals surface area (Å²) in [7, 11) is 1.52. The Morgan fingerprint density at radius 1 is 1.38 bits per heavy atom. The number of nitriles is 1. The number of benzene rings is 1. The average molecular weight is 436 g/mol. The Morgan fingerprint density at radius 3 is 2.69 bits per heavy atom. The first-order valence-corrected chi connectivity index (χ1v) is 8.02. The SMILES string of the molecule is CN1NNN=C1NC(=O)c1ccc(OC(F)(F)F)c(NC(=O)OCCC#N)c1Cl. The highest BCUT2D eigenvalue weighted by Gasteiger charge is 2.34. The van der Waals surface area contributed by atoms with Crippen molar-refractivity contribution in [2.24, 2.45) is 5.10 Å². The molecule has 4 N–H and O–H groups in total. The summed E-state index contributed by atoms with van der Waals surface area (Å²) in [6.07, 6.45) is -6.42. The molecule has 1 heterocycles. The molecule has 1 aliphatic heterocycles. The van der Waals surface area contributed by atoms with Crippen LogP contribution in [-0.2, 0) is 4.74 Å². The van der Waals surface area contributed by atoms with Gasteiger partial charge < -0.3 is 9.47 Å². The zero-order valence-electron chi connectivity index (χ0n) is 14.6. The van der Waals surface area contributed by atoms with Gasteiger partial charge in [0, 0.05) is 7.05 Å². The predicted molar refractivity (Wildman–Crippen MR) is 92.3 cm³/mol. The van der Waals surface area contributed by atoms with Crippen molar-refractivity contribution in [1.82, 2.24) is 21.4 Å². The number of nitrogens with zero attached hydrogens (tertiary/aromatic N) is 3. The largest absolute Gasteiger partial charge is 0.573 e. The van der Waals surface area contributed by atoms with Gasteiger partial charge in [0.05, 0.1) is 23.1 Å². The van der Waals surface area contributed by atoms with Crippen molar-refractivity contribution in [1.29, 1.82) is 5.26 Å². The Balaban J connectivity index is 2.30. The smallest absolute Gasteiger partial charge is 0.448 e. The number of nitrogens with one attached hydrogen (secondary N) is 4. The maximum atomic E-state index is 12.7. The lowest BCUT2D eigenvalue weighted by Crippen LogP contribution is -2.45. The third kappa shape index (κ3) is 6.02. The lowest BCUT2D eigenvalue weighted by molar-refractivity contribution is -0.274. The Bertz CT molecular complexity index is 872. The number of amides is 2. The molecule has 2 rings (SSSR count). The highest BCUT2D eigenvalue weighted by atomic mass is 35.5. The van der Waals surface area contributed by atoms with Gasteiger partial charge in [0.15, 0.2) is 5.75 Å². The van der Waals surface area contributed by atoms with Gasteiger partial charge in [-0.2, -0.15) is 5.26 Å². The molecular weight excluding hydrogens is 423 g/mol. The molecule has 0 aromatic heterocycles. The number of alkyl halides is 3. The first kappa shape index (κ1) is 21.9. The van der Waals surface area contributed by atoms with E-state index in [2.05, 4.69) is 31.0 Å². The summed E-state index contributed by atoms with van der Waals surface area (Å²) in [6.45, 7) is -0.304. The second kappa shape index (κ2) is 9.17. The third-order valence-electron chi connectivity index (χ3n) is 3.17. The van der Waals surface area contributed by atoms with Crippen LogP contribution < -0.4 is 26.4 Å². The summed E-state index contributed by atoms with van der Waals surface area (Å²) in [5.41, 5.74) is 3.97. The fourth-order valence-electron chi connectivity index (χ4n) is 1.95. The molecule has 0 radical (unpaired) electrons. The molecule has 0 aliphatic carbocycles. The Labute approximate surface area is 166 Å². The Morgan fingerprint density at radius 2 is 2.10 bits per heavy atom. The van der Waals surface area contributed by atoms with Gasteiger partial charge in [-0.3, -0.25) is 20.4 Å². The second-order valence-electron chi connectivity index (χ2n) is 5.19. The van der Waals surface area contributed by atoms with Gasteiger partial charge in [0.25, 0.3) is 5.91 Å². The van der Waals surface area contributed by atoms with Crippen molar-refractivity contribution in [2.45, 2.75) is 12.8 Å². The average Bonchev–Trinajstić information content (AvgIpc) is 3.02. The van der Waals surface area contributed by atoms with E-state index in [9.17, 15) is 22.8 Å². The first-order chi connectivity index (χ1) is 13.6. The van der Waals surface area contributed by atoms with Crippen LogP contribution >= 0.6 is 11.6 Å². The normalized spacial score (nSPS) is 13.1. The number of rotatable bonds is 5.